The van der Waals surface area contributed by atoms with Crippen LogP contribution in [0.3, 0.4) is 0 Å². The Hall–Kier alpha value is -2.66. The Morgan fingerprint density at radius 1 is 1.15 bits per heavy atom. The Kier molecular flexibility index (Phi) is 4.70. The number of aliphatic hydroxyl groups excluding tert-OH is 1. The van der Waals surface area contributed by atoms with Gasteiger partial charge in [-0.2, -0.15) is 0 Å². The zero-order valence-corrected chi connectivity index (χ0v) is 15.2. The standard InChI is InChI=1S/C22H24N2O3/c25-15-12-20(26)24-14-13-22(17-8-4-5-9-18(17)23-21(22)27)19(24)11-10-16-6-2-1-3-7-16/h1-9,19,25H,10-15H2,(H,23,27)/t19-,22-/m0/s1. The van der Waals surface area contributed by atoms with Crippen LogP contribution in [0.15, 0.2) is 54.6 Å². The molecule has 0 saturated carbocycles. The number of benzene rings is 2. The molecule has 0 aliphatic carbocycles. The lowest BCUT2D eigenvalue weighted by molar-refractivity contribution is -0.134. The summed E-state index contributed by atoms with van der Waals surface area (Å²) in [6.45, 7) is 0.372. The summed E-state index contributed by atoms with van der Waals surface area (Å²) in [7, 11) is 0. The smallest absolute Gasteiger partial charge is 0.237 e. The average Bonchev–Trinajstić information content (AvgIpc) is 3.21. The summed E-state index contributed by atoms with van der Waals surface area (Å²) in [6, 6.07) is 17.7. The molecule has 1 fully saturated rings. The molecule has 1 spiro atoms. The first kappa shape index (κ1) is 17.7. The summed E-state index contributed by atoms with van der Waals surface area (Å²) in [4.78, 5) is 27.6. The van der Waals surface area contributed by atoms with Gasteiger partial charge in [0.05, 0.1) is 18.1 Å². The van der Waals surface area contributed by atoms with Crippen molar-refractivity contribution in [3.8, 4) is 0 Å². The van der Waals surface area contributed by atoms with Gasteiger partial charge >= 0.3 is 0 Å². The van der Waals surface area contributed by atoms with E-state index < -0.39 is 5.41 Å². The van der Waals surface area contributed by atoms with Crippen molar-refractivity contribution in [2.45, 2.75) is 37.1 Å². The number of hydrogen-bond acceptors (Lipinski definition) is 3. The minimum atomic E-state index is -0.698. The number of aliphatic hydroxyl groups is 1. The molecule has 2 N–H and O–H groups in total. The second kappa shape index (κ2) is 7.16. The van der Waals surface area contributed by atoms with E-state index in [0.717, 1.165) is 17.7 Å². The Morgan fingerprint density at radius 2 is 1.89 bits per heavy atom. The van der Waals surface area contributed by atoms with E-state index in [1.807, 2.05) is 47.4 Å². The molecular formula is C22H24N2O3. The number of carbonyl (C=O) groups excluding carboxylic acids is 2. The number of aryl methyl sites for hydroxylation is 1. The average molecular weight is 364 g/mol. The molecule has 2 aromatic rings. The van der Waals surface area contributed by atoms with Crippen LogP contribution < -0.4 is 5.32 Å². The van der Waals surface area contributed by atoms with Gasteiger partial charge in [-0.25, -0.2) is 0 Å². The lowest BCUT2D eigenvalue weighted by Gasteiger charge is -2.34. The predicted molar refractivity (Wildman–Crippen MR) is 103 cm³/mol. The maximum Gasteiger partial charge on any atom is 0.237 e. The van der Waals surface area contributed by atoms with Gasteiger partial charge < -0.3 is 15.3 Å². The summed E-state index contributed by atoms with van der Waals surface area (Å²) in [5.74, 6) is -0.0920. The van der Waals surface area contributed by atoms with Gasteiger partial charge in [0.1, 0.15) is 0 Å². The molecule has 2 atom stereocenters. The lowest BCUT2D eigenvalue weighted by Crippen LogP contribution is -2.49. The zero-order valence-electron chi connectivity index (χ0n) is 15.2. The fourth-order valence-electron chi connectivity index (χ4n) is 4.69. The lowest BCUT2D eigenvalue weighted by atomic mass is 9.73. The molecule has 4 rings (SSSR count). The third-order valence-corrected chi connectivity index (χ3v) is 5.95. The van der Waals surface area contributed by atoms with Gasteiger partial charge in [0.25, 0.3) is 0 Å². The minimum Gasteiger partial charge on any atom is -0.396 e. The van der Waals surface area contributed by atoms with Crippen molar-refractivity contribution >= 4 is 17.5 Å². The number of anilines is 1. The Bertz CT molecular complexity index is 852. The summed E-state index contributed by atoms with van der Waals surface area (Å²) >= 11 is 0. The molecule has 2 amide bonds. The Morgan fingerprint density at radius 3 is 2.67 bits per heavy atom. The van der Waals surface area contributed by atoms with Crippen molar-refractivity contribution in [1.29, 1.82) is 0 Å². The monoisotopic (exact) mass is 364 g/mol. The van der Waals surface area contributed by atoms with Crippen molar-refractivity contribution in [3.63, 3.8) is 0 Å². The van der Waals surface area contributed by atoms with E-state index in [9.17, 15) is 14.7 Å². The van der Waals surface area contributed by atoms with Crippen LogP contribution in [-0.4, -0.2) is 41.0 Å². The Labute approximate surface area is 159 Å². The van der Waals surface area contributed by atoms with E-state index in [4.69, 9.17) is 0 Å². The van der Waals surface area contributed by atoms with Crippen LogP contribution in [0, 0.1) is 0 Å². The van der Waals surface area contributed by atoms with Crippen LogP contribution in [0.4, 0.5) is 5.69 Å². The number of fused-ring (bicyclic) bond motifs is 2. The number of nitrogens with zero attached hydrogens (tertiary/aromatic N) is 1. The summed E-state index contributed by atoms with van der Waals surface area (Å²) in [6.07, 6.45) is 2.22. The van der Waals surface area contributed by atoms with Crippen molar-refractivity contribution < 1.29 is 14.7 Å². The first-order chi connectivity index (χ1) is 13.2. The summed E-state index contributed by atoms with van der Waals surface area (Å²) in [5, 5.41) is 12.3. The van der Waals surface area contributed by atoms with E-state index >= 15 is 0 Å². The highest BCUT2D eigenvalue weighted by Crippen LogP contribution is 2.49. The third-order valence-electron chi connectivity index (χ3n) is 5.95. The third kappa shape index (κ3) is 2.92. The normalized spacial score (nSPS) is 23.5. The van der Waals surface area contributed by atoms with Gasteiger partial charge in [-0.1, -0.05) is 48.5 Å². The van der Waals surface area contributed by atoms with Crippen LogP contribution in [0.25, 0.3) is 0 Å². The molecule has 2 aliphatic rings. The van der Waals surface area contributed by atoms with Gasteiger partial charge in [-0.15, -0.1) is 0 Å². The fraction of sp³-hybridized carbons (Fsp3) is 0.364. The highest BCUT2D eigenvalue weighted by Gasteiger charge is 2.58. The number of amides is 2. The van der Waals surface area contributed by atoms with E-state index in [1.165, 1.54) is 5.56 Å². The first-order valence-corrected chi connectivity index (χ1v) is 9.52. The van der Waals surface area contributed by atoms with Crippen molar-refractivity contribution in [2.24, 2.45) is 0 Å². The maximum absolute atomic E-state index is 13.1. The van der Waals surface area contributed by atoms with E-state index in [-0.39, 0.29) is 30.9 Å². The van der Waals surface area contributed by atoms with Crippen LogP contribution in [0.5, 0.6) is 0 Å². The van der Waals surface area contributed by atoms with Gasteiger partial charge in [-0.05, 0) is 36.5 Å². The highest BCUT2D eigenvalue weighted by atomic mass is 16.3. The van der Waals surface area contributed by atoms with Gasteiger partial charge in [-0.3, -0.25) is 9.59 Å². The number of hydrogen-bond donors (Lipinski definition) is 2. The molecule has 0 bridgehead atoms. The van der Waals surface area contributed by atoms with Crippen LogP contribution in [-0.2, 0) is 21.4 Å². The van der Waals surface area contributed by atoms with Crippen LogP contribution in [0.2, 0.25) is 0 Å². The molecule has 27 heavy (non-hydrogen) atoms. The number of rotatable bonds is 5. The number of nitrogens with one attached hydrogen (secondary N) is 1. The molecule has 0 aromatic heterocycles. The van der Waals surface area contributed by atoms with E-state index in [1.54, 1.807) is 0 Å². The quantitative estimate of drug-likeness (QED) is 0.856. The highest BCUT2D eigenvalue weighted by molar-refractivity contribution is 6.07. The molecule has 2 heterocycles. The minimum absolute atomic E-state index is 0.0129. The van der Waals surface area contributed by atoms with Crippen molar-refractivity contribution in [3.05, 3.63) is 65.7 Å². The van der Waals surface area contributed by atoms with Crippen LogP contribution in [0.1, 0.15) is 30.4 Å². The van der Waals surface area contributed by atoms with Gasteiger partial charge in [0, 0.05) is 18.7 Å². The molecular weight excluding hydrogens is 340 g/mol. The fourth-order valence-corrected chi connectivity index (χ4v) is 4.69. The van der Waals surface area contributed by atoms with E-state index in [2.05, 4.69) is 17.4 Å². The molecule has 5 nitrogen and oxygen atoms in total. The predicted octanol–water partition coefficient (Wildman–Crippen LogP) is 2.49. The number of carbonyl (C=O) groups is 2. The molecule has 0 unspecified atom stereocenters. The van der Waals surface area contributed by atoms with Crippen LogP contribution >= 0.6 is 0 Å². The number of likely N-dealkylation sites (tertiary alicyclic amines) is 1. The summed E-state index contributed by atoms with van der Waals surface area (Å²) < 4.78 is 0. The molecule has 1 saturated heterocycles. The molecule has 0 radical (unpaired) electrons. The number of para-hydroxylation sites is 1. The zero-order chi connectivity index (χ0) is 18.9. The molecule has 2 aromatic carbocycles. The molecule has 140 valence electrons. The second-order valence-corrected chi connectivity index (χ2v) is 7.32. The molecule has 2 aliphatic heterocycles. The Balaban J connectivity index is 1.70. The van der Waals surface area contributed by atoms with E-state index in [0.29, 0.717) is 19.4 Å². The first-order valence-electron chi connectivity index (χ1n) is 9.52. The van der Waals surface area contributed by atoms with Gasteiger partial charge in [0.2, 0.25) is 11.8 Å². The largest absolute Gasteiger partial charge is 0.396 e. The SMILES string of the molecule is O=C(CCO)N1CC[C@@]2(C(=O)Nc3ccccc32)[C@@H]1CCc1ccccc1. The van der Waals surface area contributed by atoms with Crippen molar-refractivity contribution in [1.82, 2.24) is 4.90 Å². The summed E-state index contributed by atoms with van der Waals surface area (Å²) in [5.41, 5.74) is 2.34. The second-order valence-electron chi connectivity index (χ2n) is 7.32. The van der Waals surface area contributed by atoms with Gasteiger partial charge in [0.15, 0.2) is 0 Å². The van der Waals surface area contributed by atoms with Crippen molar-refractivity contribution in [2.75, 3.05) is 18.5 Å². The topological polar surface area (TPSA) is 69.6 Å². The molecule has 5 heteroatoms. The maximum atomic E-state index is 13.1.